The Labute approximate surface area is 414 Å². The lowest BCUT2D eigenvalue weighted by molar-refractivity contribution is -0.151. The second-order valence-corrected chi connectivity index (χ2v) is 18.6. The maximum atomic E-state index is 13.2. The zero-order valence-corrected chi connectivity index (χ0v) is 43.8. The van der Waals surface area contributed by atoms with Crippen molar-refractivity contribution in [3.05, 3.63) is 97.2 Å². The van der Waals surface area contributed by atoms with E-state index in [2.05, 4.69) is 123 Å². The molecule has 0 heterocycles. The molecule has 0 aliphatic heterocycles. The number of esters is 1. The molecule has 6 heteroatoms. The average Bonchev–Trinajstić information content (AvgIpc) is 3.32. The van der Waals surface area contributed by atoms with Crippen LogP contribution < -0.4 is 5.32 Å². The molecule has 0 aromatic carbocycles. The summed E-state index contributed by atoms with van der Waals surface area (Å²) in [6, 6.07) is -0.736. The van der Waals surface area contributed by atoms with Gasteiger partial charge >= 0.3 is 5.97 Å². The van der Waals surface area contributed by atoms with Crippen molar-refractivity contribution in [1.82, 2.24) is 5.32 Å². The summed E-state index contributed by atoms with van der Waals surface area (Å²) < 4.78 is 5.89. The third-order valence-corrected chi connectivity index (χ3v) is 12.1. The van der Waals surface area contributed by atoms with E-state index in [4.69, 9.17) is 4.74 Å². The van der Waals surface area contributed by atoms with Crippen LogP contribution >= 0.6 is 0 Å². The Balaban J connectivity index is 4.69. The molecule has 0 saturated carbocycles. The smallest absolute Gasteiger partial charge is 0.306 e. The van der Waals surface area contributed by atoms with Crippen LogP contribution in [-0.4, -0.2) is 46.9 Å². The van der Waals surface area contributed by atoms with E-state index in [1.165, 1.54) is 116 Å². The van der Waals surface area contributed by atoms with E-state index in [0.29, 0.717) is 25.7 Å². The summed E-state index contributed by atoms with van der Waals surface area (Å²) in [7, 11) is 0. The number of rotatable bonds is 49. The molecule has 0 rings (SSSR count). The number of hydrogen-bond acceptors (Lipinski definition) is 5. The number of aliphatic hydroxyl groups is 2. The third-order valence-electron chi connectivity index (χ3n) is 12.1. The van der Waals surface area contributed by atoms with E-state index in [1.54, 1.807) is 0 Å². The van der Waals surface area contributed by atoms with Crippen LogP contribution in [0, 0.1) is 0 Å². The lowest BCUT2D eigenvalue weighted by Gasteiger charge is -2.24. The van der Waals surface area contributed by atoms with Crippen LogP contribution in [0.2, 0.25) is 0 Å². The van der Waals surface area contributed by atoms with Crippen LogP contribution in [-0.2, 0) is 14.3 Å². The highest BCUT2D eigenvalue weighted by atomic mass is 16.5. The molecule has 3 unspecified atom stereocenters. The van der Waals surface area contributed by atoms with Gasteiger partial charge in [0, 0.05) is 6.42 Å². The number of unbranched alkanes of at least 4 members (excludes halogenated alkanes) is 21. The van der Waals surface area contributed by atoms with E-state index < -0.39 is 18.2 Å². The molecule has 3 N–H and O–H groups in total. The van der Waals surface area contributed by atoms with E-state index in [0.717, 1.165) is 83.5 Å². The van der Waals surface area contributed by atoms with Gasteiger partial charge < -0.3 is 20.3 Å². The van der Waals surface area contributed by atoms with Gasteiger partial charge in [-0.2, -0.15) is 0 Å². The normalized spacial score (nSPS) is 13.9. The van der Waals surface area contributed by atoms with Crippen molar-refractivity contribution < 1.29 is 24.5 Å². The number of allylic oxidation sites excluding steroid dienone is 16. The standard InChI is InChI=1S/C61H105NO5/c1-4-7-10-13-16-19-22-25-28-30-32-35-38-41-44-47-50-53-59(64)58(56-63)62-60(65)55-57(52-49-46-43-40-37-34-27-24-21-18-15-12-9-6-3)67-61(66)54-51-48-45-42-39-36-33-31-29-26-23-20-17-14-11-8-5-2/h9,12,17-18,20-21,26-27,29,33-34,36,40,42-43,45,57-59,63-64H,4-8,10-11,13-16,19,22-25,28,30-32,35,37-39,41,44,46-56H2,1-3H3,(H,62,65)/b12-9+,20-17-,21-18+,29-26-,34-27+,36-33-,43-40+,45-42-. The number of hydrogen-bond donors (Lipinski definition) is 3. The Bertz CT molecular complexity index is 1320. The summed E-state index contributed by atoms with van der Waals surface area (Å²) in [5.74, 6) is -0.599. The van der Waals surface area contributed by atoms with E-state index in [9.17, 15) is 19.8 Å². The van der Waals surface area contributed by atoms with Crippen molar-refractivity contribution >= 4 is 11.9 Å². The molecule has 0 saturated heterocycles. The molecule has 0 spiro atoms. The number of aliphatic hydroxyl groups excluding tert-OH is 2. The Morgan fingerprint density at radius 2 is 0.821 bits per heavy atom. The van der Waals surface area contributed by atoms with Gasteiger partial charge in [0.25, 0.3) is 0 Å². The molecule has 0 aromatic heterocycles. The SMILES string of the molecule is CC/C=C/C/C=C/C/C=C/C/C=C/CCCC(CC(=O)NC(CO)C(O)CCCCCCCCCCCCCCCCCCC)OC(=O)CCC/C=C\C/C=C\C/C=C\C/C=C\CCCCC. The van der Waals surface area contributed by atoms with Crippen LogP contribution in [0.15, 0.2) is 97.2 Å². The molecular formula is C61H105NO5. The van der Waals surface area contributed by atoms with Gasteiger partial charge in [-0.05, 0) is 96.3 Å². The van der Waals surface area contributed by atoms with Gasteiger partial charge in [0.05, 0.1) is 25.2 Å². The maximum absolute atomic E-state index is 13.2. The molecule has 384 valence electrons. The lowest BCUT2D eigenvalue weighted by Crippen LogP contribution is -2.46. The number of carbonyl (C=O) groups excluding carboxylic acids is 2. The summed E-state index contributed by atoms with van der Waals surface area (Å²) >= 11 is 0. The topological polar surface area (TPSA) is 95.9 Å². The minimum Gasteiger partial charge on any atom is -0.462 e. The number of amides is 1. The first-order valence-corrected chi connectivity index (χ1v) is 28.0. The molecule has 0 aliphatic rings. The second kappa shape index (κ2) is 53.7. The van der Waals surface area contributed by atoms with E-state index >= 15 is 0 Å². The molecule has 0 bridgehead atoms. The van der Waals surface area contributed by atoms with Crippen LogP contribution in [0.5, 0.6) is 0 Å². The summed E-state index contributed by atoms with van der Waals surface area (Å²) in [6.07, 6.45) is 71.9. The van der Waals surface area contributed by atoms with Crippen LogP contribution in [0.4, 0.5) is 0 Å². The zero-order chi connectivity index (χ0) is 48.8. The number of ether oxygens (including phenoxy) is 1. The first-order valence-electron chi connectivity index (χ1n) is 28.0. The largest absolute Gasteiger partial charge is 0.462 e. The van der Waals surface area contributed by atoms with Crippen LogP contribution in [0.1, 0.15) is 252 Å². The Morgan fingerprint density at radius 3 is 1.25 bits per heavy atom. The highest BCUT2D eigenvalue weighted by Crippen LogP contribution is 2.17. The minimum atomic E-state index is -0.817. The molecule has 6 nitrogen and oxygen atoms in total. The van der Waals surface area contributed by atoms with Crippen molar-refractivity contribution in [3.8, 4) is 0 Å². The monoisotopic (exact) mass is 932 g/mol. The summed E-state index contributed by atoms with van der Waals surface area (Å²) in [4.78, 5) is 26.2. The fraction of sp³-hybridized carbons (Fsp3) is 0.705. The summed E-state index contributed by atoms with van der Waals surface area (Å²) in [5.41, 5.74) is 0. The highest BCUT2D eigenvalue weighted by molar-refractivity contribution is 5.77. The number of carbonyl (C=O) groups is 2. The van der Waals surface area contributed by atoms with Gasteiger partial charge in [-0.15, -0.1) is 0 Å². The Morgan fingerprint density at radius 1 is 0.448 bits per heavy atom. The van der Waals surface area contributed by atoms with E-state index in [1.807, 2.05) is 0 Å². The van der Waals surface area contributed by atoms with Gasteiger partial charge in [0.1, 0.15) is 6.10 Å². The Hall–Kier alpha value is -3.22. The van der Waals surface area contributed by atoms with E-state index in [-0.39, 0.29) is 24.9 Å². The minimum absolute atomic E-state index is 0.0134. The molecule has 3 atom stereocenters. The van der Waals surface area contributed by atoms with Gasteiger partial charge in [0.2, 0.25) is 5.91 Å². The van der Waals surface area contributed by atoms with Gasteiger partial charge in [-0.1, -0.05) is 240 Å². The van der Waals surface area contributed by atoms with Crippen molar-refractivity contribution in [1.29, 1.82) is 0 Å². The van der Waals surface area contributed by atoms with Crippen molar-refractivity contribution in [2.75, 3.05) is 6.61 Å². The zero-order valence-electron chi connectivity index (χ0n) is 43.8. The molecule has 1 amide bonds. The van der Waals surface area contributed by atoms with Crippen molar-refractivity contribution in [2.45, 2.75) is 270 Å². The van der Waals surface area contributed by atoms with Gasteiger partial charge in [-0.25, -0.2) is 0 Å². The predicted octanol–water partition coefficient (Wildman–Crippen LogP) is 17.3. The first-order chi connectivity index (χ1) is 33.0. The molecule has 0 radical (unpaired) electrons. The Kier molecular flexibility index (Phi) is 51.1. The lowest BCUT2D eigenvalue weighted by atomic mass is 10.0. The molecule has 0 aromatic rings. The molecule has 67 heavy (non-hydrogen) atoms. The van der Waals surface area contributed by atoms with Crippen molar-refractivity contribution in [3.63, 3.8) is 0 Å². The predicted molar refractivity (Wildman–Crippen MR) is 291 cm³/mol. The van der Waals surface area contributed by atoms with Crippen LogP contribution in [0.25, 0.3) is 0 Å². The average molecular weight is 933 g/mol. The molecule has 0 fully saturated rings. The fourth-order valence-electron chi connectivity index (χ4n) is 7.95. The number of nitrogens with one attached hydrogen (secondary N) is 1. The van der Waals surface area contributed by atoms with Crippen molar-refractivity contribution in [2.24, 2.45) is 0 Å². The molecule has 0 aliphatic carbocycles. The highest BCUT2D eigenvalue weighted by Gasteiger charge is 2.24. The first kappa shape index (κ1) is 63.8. The van der Waals surface area contributed by atoms with Gasteiger partial charge in [-0.3, -0.25) is 9.59 Å². The fourth-order valence-corrected chi connectivity index (χ4v) is 7.95. The third kappa shape index (κ3) is 49.0. The van der Waals surface area contributed by atoms with Crippen LogP contribution in [0.3, 0.4) is 0 Å². The molecular weight excluding hydrogens is 827 g/mol. The quantitative estimate of drug-likeness (QED) is 0.0321. The maximum Gasteiger partial charge on any atom is 0.306 e. The summed E-state index contributed by atoms with van der Waals surface area (Å²) in [5, 5.41) is 23.8. The van der Waals surface area contributed by atoms with Gasteiger partial charge in [0.15, 0.2) is 0 Å². The summed E-state index contributed by atoms with van der Waals surface area (Å²) in [6.45, 7) is 6.32. The second-order valence-electron chi connectivity index (χ2n) is 18.6.